The van der Waals surface area contributed by atoms with E-state index in [9.17, 15) is 0 Å². The zero-order valence-corrected chi connectivity index (χ0v) is 11.6. The van der Waals surface area contributed by atoms with Gasteiger partial charge in [0, 0.05) is 29.1 Å². The summed E-state index contributed by atoms with van der Waals surface area (Å²) in [4.78, 5) is 9.26. The van der Waals surface area contributed by atoms with Crippen LogP contribution in [0, 0.1) is 0 Å². The molecule has 1 aromatic heterocycles. The average Bonchev–Trinajstić information content (AvgIpc) is 3.24. The smallest absolute Gasteiger partial charge is 0.134 e. The van der Waals surface area contributed by atoms with E-state index in [0.717, 1.165) is 34.5 Å². The van der Waals surface area contributed by atoms with E-state index >= 15 is 0 Å². The summed E-state index contributed by atoms with van der Waals surface area (Å²) >= 11 is 5.93. The average molecular weight is 274 g/mol. The van der Waals surface area contributed by atoms with Crippen molar-refractivity contribution in [1.82, 2.24) is 9.97 Å². The zero-order valence-electron chi connectivity index (χ0n) is 10.9. The fourth-order valence-electron chi connectivity index (χ4n) is 2.03. The first-order valence-corrected chi connectivity index (χ1v) is 7.03. The molecule has 0 spiro atoms. The van der Waals surface area contributed by atoms with Gasteiger partial charge in [-0.25, -0.2) is 9.97 Å². The SMILES string of the molecule is CCNc1cc(-c2ccc(Cl)cc2)nc(C2CC2)n1. The fourth-order valence-corrected chi connectivity index (χ4v) is 2.16. The number of aromatic nitrogens is 2. The van der Waals surface area contributed by atoms with E-state index in [1.54, 1.807) is 0 Å². The summed E-state index contributed by atoms with van der Waals surface area (Å²) < 4.78 is 0. The molecular formula is C15H16ClN3. The van der Waals surface area contributed by atoms with Crippen molar-refractivity contribution in [2.75, 3.05) is 11.9 Å². The lowest BCUT2D eigenvalue weighted by Gasteiger charge is -2.08. The van der Waals surface area contributed by atoms with Crippen LogP contribution in [0.4, 0.5) is 5.82 Å². The van der Waals surface area contributed by atoms with Crippen molar-refractivity contribution < 1.29 is 0 Å². The van der Waals surface area contributed by atoms with Gasteiger partial charge in [-0.3, -0.25) is 0 Å². The molecule has 1 aliphatic rings. The van der Waals surface area contributed by atoms with Crippen LogP contribution in [0.25, 0.3) is 11.3 Å². The molecule has 1 saturated carbocycles. The Bertz CT molecular complexity index is 576. The summed E-state index contributed by atoms with van der Waals surface area (Å²) in [5, 5.41) is 4.02. The summed E-state index contributed by atoms with van der Waals surface area (Å²) in [6.45, 7) is 2.93. The van der Waals surface area contributed by atoms with Crippen LogP contribution in [0.2, 0.25) is 5.02 Å². The molecule has 0 aliphatic heterocycles. The summed E-state index contributed by atoms with van der Waals surface area (Å²) in [6.07, 6.45) is 2.41. The highest BCUT2D eigenvalue weighted by Crippen LogP contribution is 2.39. The molecule has 3 rings (SSSR count). The van der Waals surface area contributed by atoms with E-state index in [2.05, 4.69) is 22.2 Å². The molecule has 0 bridgehead atoms. The Hall–Kier alpha value is -1.61. The highest BCUT2D eigenvalue weighted by molar-refractivity contribution is 6.30. The van der Waals surface area contributed by atoms with Gasteiger partial charge >= 0.3 is 0 Å². The molecule has 0 radical (unpaired) electrons. The molecule has 98 valence electrons. The van der Waals surface area contributed by atoms with Crippen molar-refractivity contribution in [2.45, 2.75) is 25.7 Å². The predicted molar refractivity (Wildman–Crippen MR) is 78.6 cm³/mol. The van der Waals surface area contributed by atoms with E-state index in [1.165, 1.54) is 12.8 Å². The largest absolute Gasteiger partial charge is 0.370 e. The van der Waals surface area contributed by atoms with Gasteiger partial charge < -0.3 is 5.32 Å². The van der Waals surface area contributed by atoms with Crippen molar-refractivity contribution in [3.05, 3.63) is 41.2 Å². The Morgan fingerprint density at radius 2 is 1.95 bits per heavy atom. The molecule has 1 N–H and O–H groups in total. The van der Waals surface area contributed by atoms with Crippen LogP contribution in [0.5, 0.6) is 0 Å². The van der Waals surface area contributed by atoms with E-state index in [0.29, 0.717) is 5.92 Å². The van der Waals surface area contributed by atoms with Crippen LogP contribution in [-0.2, 0) is 0 Å². The first-order valence-electron chi connectivity index (χ1n) is 6.65. The number of rotatable bonds is 4. The molecule has 3 nitrogen and oxygen atoms in total. The van der Waals surface area contributed by atoms with Crippen molar-refractivity contribution in [1.29, 1.82) is 0 Å². The Morgan fingerprint density at radius 1 is 1.21 bits per heavy atom. The third-order valence-corrected chi connectivity index (χ3v) is 3.44. The van der Waals surface area contributed by atoms with Gasteiger partial charge in [-0.15, -0.1) is 0 Å². The molecule has 0 saturated heterocycles. The third-order valence-electron chi connectivity index (χ3n) is 3.18. The lowest BCUT2D eigenvalue weighted by atomic mass is 10.1. The van der Waals surface area contributed by atoms with Crippen molar-refractivity contribution in [3.63, 3.8) is 0 Å². The van der Waals surface area contributed by atoms with E-state index in [1.807, 2.05) is 30.3 Å². The number of hydrogen-bond donors (Lipinski definition) is 1. The van der Waals surface area contributed by atoms with Crippen LogP contribution >= 0.6 is 11.6 Å². The fraction of sp³-hybridized carbons (Fsp3) is 0.333. The second kappa shape index (κ2) is 5.17. The molecule has 1 fully saturated rings. The van der Waals surface area contributed by atoms with Crippen LogP contribution in [0.1, 0.15) is 31.5 Å². The Balaban J connectivity index is 2.01. The van der Waals surface area contributed by atoms with Crippen LogP contribution in [0.3, 0.4) is 0 Å². The summed E-state index contributed by atoms with van der Waals surface area (Å²) in [5.41, 5.74) is 2.04. The van der Waals surface area contributed by atoms with Gasteiger partial charge in [-0.2, -0.15) is 0 Å². The quantitative estimate of drug-likeness (QED) is 0.911. The maximum absolute atomic E-state index is 5.93. The van der Waals surface area contributed by atoms with Crippen molar-refractivity contribution in [2.24, 2.45) is 0 Å². The Kier molecular flexibility index (Phi) is 3.38. The topological polar surface area (TPSA) is 37.8 Å². The lowest BCUT2D eigenvalue weighted by molar-refractivity contribution is 0.927. The Labute approximate surface area is 118 Å². The monoisotopic (exact) mass is 273 g/mol. The highest BCUT2D eigenvalue weighted by atomic mass is 35.5. The minimum absolute atomic E-state index is 0.546. The molecule has 1 aromatic carbocycles. The second-order valence-corrected chi connectivity index (χ2v) is 5.24. The minimum Gasteiger partial charge on any atom is -0.370 e. The van der Waals surface area contributed by atoms with Gasteiger partial charge in [-0.1, -0.05) is 23.7 Å². The molecule has 2 aromatic rings. The van der Waals surface area contributed by atoms with Crippen LogP contribution in [-0.4, -0.2) is 16.5 Å². The molecule has 19 heavy (non-hydrogen) atoms. The van der Waals surface area contributed by atoms with Crippen LogP contribution in [0.15, 0.2) is 30.3 Å². The Morgan fingerprint density at radius 3 is 2.58 bits per heavy atom. The van der Waals surface area contributed by atoms with E-state index < -0.39 is 0 Å². The normalized spacial score (nSPS) is 14.4. The van der Waals surface area contributed by atoms with Crippen molar-refractivity contribution >= 4 is 17.4 Å². The van der Waals surface area contributed by atoms with E-state index in [-0.39, 0.29) is 0 Å². The maximum Gasteiger partial charge on any atom is 0.134 e. The standard InChI is InChI=1S/C15H16ClN3/c1-2-17-14-9-13(10-5-7-12(16)8-6-10)18-15(19-14)11-3-4-11/h5-9,11H,2-4H2,1H3,(H,17,18,19). The minimum atomic E-state index is 0.546. The molecule has 1 aliphatic carbocycles. The maximum atomic E-state index is 5.93. The van der Waals surface area contributed by atoms with Crippen LogP contribution < -0.4 is 5.32 Å². The molecule has 4 heteroatoms. The molecule has 0 unspecified atom stereocenters. The summed E-state index contributed by atoms with van der Waals surface area (Å²) in [7, 11) is 0. The number of halogens is 1. The molecule has 0 amide bonds. The number of benzene rings is 1. The highest BCUT2D eigenvalue weighted by Gasteiger charge is 2.27. The second-order valence-electron chi connectivity index (χ2n) is 4.81. The van der Waals surface area contributed by atoms with Gasteiger partial charge in [0.1, 0.15) is 11.6 Å². The number of anilines is 1. The van der Waals surface area contributed by atoms with Crippen molar-refractivity contribution in [3.8, 4) is 11.3 Å². The van der Waals surface area contributed by atoms with Gasteiger partial charge in [0.25, 0.3) is 0 Å². The molecule has 1 heterocycles. The summed E-state index contributed by atoms with van der Waals surface area (Å²) in [6, 6.07) is 9.78. The molecular weight excluding hydrogens is 258 g/mol. The van der Waals surface area contributed by atoms with Gasteiger partial charge in [0.15, 0.2) is 0 Å². The van der Waals surface area contributed by atoms with E-state index in [4.69, 9.17) is 11.6 Å². The van der Waals surface area contributed by atoms with Gasteiger partial charge in [0.05, 0.1) is 5.69 Å². The third kappa shape index (κ3) is 2.87. The molecule has 0 atom stereocenters. The van der Waals surface area contributed by atoms with Gasteiger partial charge in [-0.05, 0) is 31.9 Å². The van der Waals surface area contributed by atoms with Gasteiger partial charge in [0.2, 0.25) is 0 Å². The number of hydrogen-bond acceptors (Lipinski definition) is 3. The first-order chi connectivity index (χ1) is 9.26. The lowest BCUT2D eigenvalue weighted by Crippen LogP contribution is -2.04. The zero-order chi connectivity index (χ0) is 13.2. The number of nitrogens with zero attached hydrogens (tertiary/aromatic N) is 2. The number of nitrogens with one attached hydrogen (secondary N) is 1. The first kappa shape index (κ1) is 12.4. The summed E-state index contributed by atoms with van der Waals surface area (Å²) in [5.74, 6) is 2.41. The predicted octanol–water partition coefficient (Wildman–Crippen LogP) is 4.11.